The van der Waals surface area contributed by atoms with Gasteiger partial charge in [-0.3, -0.25) is 4.79 Å². The highest BCUT2D eigenvalue weighted by molar-refractivity contribution is 6.61. The number of carbonyl (C=O) groups excluding carboxylic acids is 1. The molecular weight excluding hydrogens is 309 g/mol. The largest absolute Gasteiger partial charge is 0.493 e. The van der Waals surface area contributed by atoms with E-state index in [0.29, 0.717) is 17.1 Å². The molecular formula is C17H18BNO5. The fourth-order valence-electron chi connectivity index (χ4n) is 2.84. The standard InChI is InChI=1S/C17H18BNO5/c1-22-14-9-5-7-12(16(14)23-2)17(20)19-10-15-11-6-3-4-8-13(11)18(21)24-15/h3-9,15,21H,10H2,1-2H3,(H,19,20). The summed E-state index contributed by atoms with van der Waals surface area (Å²) in [7, 11) is 2.04. The van der Waals surface area contributed by atoms with E-state index in [1.807, 2.05) is 24.3 Å². The number of methoxy groups -OCH3 is 2. The van der Waals surface area contributed by atoms with Crippen LogP contribution in [0.5, 0.6) is 11.5 Å². The van der Waals surface area contributed by atoms with Crippen molar-refractivity contribution < 1.29 is 23.9 Å². The molecule has 0 fully saturated rings. The molecule has 2 aromatic rings. The summed E-state index contributed by atoms with van der Waals surface area (Å²) in [5, 5.41) is 12.7. The number of nitrogens with one attached hydrogen (secondary N) is 1. The van der Waals surface area contributed by atoms with Crippen molar-refractivity contribution in [3.8, 4) is 11.5 Å². The average Bonchev–Trinajstić information content (AvgIpc) is 2.95. The normalized spacial score (nSPS) is 15.8. The van der Waals surface area contributed by atoms with Crippen LogP contribution in [-0.2, 0) is 4.65 Å². The van der Waals surface area contributed by atoms with E-state index in [1.54, 1.807) is 18.2 Å². The summed E-state index contributed by atoms with van der Waals surface area (Å²) >= 11 is 0. The number of hydrogen-bond acceptors (Lipinski definition) is 5. The Kier molecular flexibility index (Phi) is 4.73. The van der Waals surface area contributed by atoms with Crippen LogP contribution in [0.15, 0.2) is 42.5 Å². The average molecular weight is 327 g/mol. The van der Waals surface area contributed by atoms with Crippen molar-refractivity contribution in [2.75, 3.05) is 20.8 Å². The molecule has 24 heavy (non-hydrogen) atoms. The molecule has 3 rings (SSSR count). The molecule has 1 atom stereocenters. The fraction of sp³-hybridized carbons (Fsp3) is 0.235. The van der Waals surface area contributed by atoms with Crippen molar-refractivity contribution in [3.63, 3.8) is 0 Å². The summed E-state index contributed by atoms with van der Waals surface area (Å²) in [5.74, 6) is 0.571. The number of fused-ring (bicyclic) bond motifs is 1. The Morgan fingerprint density at radius 2 is 2.00 bits per heavy atom. The lowest BCUT2D eigenvalue weighted by atomic mass is 9.79. The van der Waals surface area contributed by atoms with Gasteiger partial charge in [-0.2, -0.15) is 0 Å². The summed E-state index contributed by atoms with van der Waals surface area (Å²) in [6.45, 7) is 0.243. The molecule has 0 spiro atoms. The molecule has 124 valence electrons. The van der Waals surface area contributed by atoms with Crippen molar-refractivity contribution >= 4 is 18.5 Å². The maximum absolute atomic E-state index is 12.5. The van der Waals surface area contributed by atoms with Gasteiger partial charge in [-0.1, -0.05) is 30.3 Å². The van der Waals surface area contributed by atoms with E-state index in [9.17, 15) is 9.82 Å². The number of amides is 1. The molecule has 2 N–H and O–H groups in total. The second-order valence-electron chi connectivity index (χ2n) is 5.36. The Balaban J connectivity index is 1.73. The van der Waals surface area contributed by atoms with Crippen molar-refractivity contribution in [1.29, 1.82) is 0 Å². The van der Waals surface area contributed by atoms with Gasteiger partial charge in [-0.05, 0) is 23.2 Å². The first-order chi connectivity index (χ1) is 11.7. The van der Waals surface area contributed by atoms with E-state index in [1.165, 1.54) is 14.2 Å². The van der Waals surface area contributed by atoms with Crippen LogP contribution in [0.2, 0.25) is 0 Å². The van der Waals surface area contributed by atoms with Crippen LogP contribution in [0.1, 0.15) is 22.0 Å². The third-order valence-corrected chi connectivity index (χ3v) is 4.00. The summed E-state index contributed by atoms with van der Waals surface area (Å²) < 4.78 is 16.0. The minimum atomic E-state index is -0.963. The van der Waals surface area contributed by atoms with Gasteiger partial charge in [0, 0.05) is 6.54 Å². The van der Waals surface area contributed by atoms with E-state index in [2.05, 4.69) is 5.32 Å². The Morgan fingerprint density at radius 3 is 2.75 bits per heavy atom. The first kappa shape index (κ1) is 16.4. The Labute approximate surface area is 140 Å². The van der Waals surface area contributed by atoms with Crippen molar-refractivity contribution in [2.24, 2.45) is 0 Å². The van der Waals surface area contributed by atoms with Crippen LogP contribution in [-0.4, -0.2) is 38.8 Å². The summed E-state index contributed by atoms with van der Waals surface area (Å²) in [6.07, 6.45) is -0.392. The van der Waals surface area contributed by atoms with Crippen LogP contribution in [0.3, 0.4) is 0 Å². The third-order valence-electron chi connectivity index (χ3n) is 4.00. The lowest BCUT2D eigenvalue weighted by Gasteiger charge is -2.15. The van der Waals surface area contributed by atoms with Gasteiger partial charge in [0.1, 0.15) is 0 Å². The Bertz CT molecular complexity index is 752. The molecule has 0 radical (unpaired) electrons. The molecule has 0 bridgehead atoms. The van der Waals surface area contributed by atoms with Gasteiger partial charge in [0.05, 0.1) is 25.9 Å². The van der Waals surface area contributed by atoms with Crippen molar-refractivity contribution in [1.82, 2.24) is 5.32 Å². The summed E-state index contributed by atoms with van der Waals surface area (Å²) in [4.78, 5) is 12.5. The quantitative estimate of drug-likeness (QED) is 0.798. The highest BCUT2D eigenvalue weighted by atomic mass is 16.5. The smallest absolute Gasteiger partial charge is 0.492 e. The zero-order chi connectivity index (χ0) is 17.1. The van der Waals surface area contributed by atoms with E-state index < -0.39 is 13.2 Å². The highest BCUT2D eigenvalue weighted by Gasteiger charge is 2.34. The number of para-hydroxylation sites is 1. The third kappa shape index (κ3) is 2.96. The van der Waals surface area contributed by atoms with Gasteiger partial charge >= 0.3 is 7.12 Å². The minimum Gasteiger partial charge on any atom is -0.493 e. The topological polar surface area (TPSA) is 77.0 Å². The van der Waals surface area contributed by atoms with Gasteiger partial charge in [0.25, 0.3) is 5.91 Å². The fourth-order valence-corrected chi connectivity index (χ4v) is 2.84. The van der Waals surface area contributed by atoms with Gasteiger partial charge in [0.15, 0.2) is 11.5 Å². The summed E-state index contributed by atoms with van der Waals surface area (Å²) in [6, 6.07) is 12.5. The number of ether oxygens (including phenoxy) is 2. The molecule has 0 aromatic heterocycles. The van der Waals surface area contributed by atoms with Crippen LogP contribution >= 0.6 is 0 Å². The molecule has 1 unspecified atom stereocenters. The molecule has 1 aliphatic heterocycles. The zero-order valence-electron chi connectivity index (χ0n) is 13.5. The zero-order valence-corrected chi connectivity index (χ0v) is 13.5. The SMILES string of the molecule is COc1cccc(C(=O)NCC2OB(O)c3ccccc32)c1OC. The van der Waals surface area contributed by atoms with Gasteiger partial charge in [-0.25, -0.2) is 0 Å². The molecule has 0 saturated heterocycles. The molecule has 1 amide bonds. The van der Waals surface area contributed by atoms with E-state index in [0.717, 1.165) is 11.0 Å². The Hall–Kier alpha value is -2.51. The monoisotopic (exact) mass is 327 g/mol. The number of hydrogen-bond donors (Lipinski definition) is 2. The minimum absolute atomic E-state index is 0.243. The summed E-state index contributed by atoms with van der Waals surface area (Å²) in [5.41, 5.74) is 1.99. The molecule has 2 aromatic carbocycles. The van der Waals surface area contributed by atoms with Crippen LogP contribution in [0.4, 0.5) is 0 Å². The molecule has 6 nitrogen and oxygen atoms in total. The van der Waals surface area contributed by atoms with E-state index in [4.69, 9.17) is 14.1 Å². The predicted octanol–water partition coefficient (Wildman–Crippen LogP) is 0.893. The second-order valence-corrected chi connectivity index (χ2v) is 5.36. The lowest BCUT2D eigenvalue weighted by Crippen LogP contribution is -2.30. The van der Waals surface area contributed by atoms with Crippen LogP contribution < -0.4 is 20.3 Å². The maximum atomic E-state index is 12.5. The van der Waals surface area contributed by atoms with Crippen molar-refractivity contribution in [2.45, 2.75) is 6.10 Å². The van der Waals surface area contributed by atoms with Crippen LogP contribution in [0, 0.1) is 0 Å². The Morgan fingerprint density at radius 1 is 1.21 bits per heavy atom. The second kappa shape index (κ2) is 6.94. The maximum Gasteiger partial charge on any atom is 0.492 e. The van der Waals surface area contributed by atoms with E-state index >= 15 is 0 Å². The molecule has 1 heterocycles. The van der Waals surface area contributed by atoms with E-state index in [-0.39, 0.29) is 12.5 Å². The van der Waals surface area contributed by atoms with Gasteiger partial charge in [0.2, 0.25) is 0 Å². The van der Waals surface area contributed by atoms with Crippen LogP contribution in [0.25, 0.3) is 0 Å². The first-order valence-corrected chi connectivity index (χ1v) is 7.57. The van der Waals surface area contributed by atoms with Crippen molar-refractivity contribution in [3.05, 3.63) is 53.6 Å². The highest BCUT2D eigenvalue weighted by Crippen LogP contribution is 2.30. The number of benzene rings is 2. The molecule has 0 aliphatic carbocycles. The lowest BCUT2D eigenvalue weighted by molar-refractivity contribution is 0.0921. The first-order valence-electron chi connectivity index (χ1n) is 7.57. The molecule has 0 saturated carbocycles. The molecule has 7 heteroatoms. The van der Waals surface area contributed by atoms with Gasteiger partial charge < -0.3 is 24.5 Å². The molecule has 1 aliphatic rings. The predicted molar refractivity (Wildman–Crippen MR) is 89.8 cm³/mol. The number of rotatable bonds is 5. The van der Waals surface area contributed by atoms with Gasteiger partial charge in [-0.15, -0.1) is 0 Å². The number of carbonyl (C=O) groups is 1.